The molecule has 72 valence electrons. The lowest BCUT2D eigenvalue weighted by Gasteiger charge is -2.41. The molecular weight excluding hydrogens is 168 g/mol. The zero-order valence-electron chi connectivity index (χ0n) is 6.29. The van der Waals surface area contributed by atoms with E-state index in [0.29, 0.717) is 0 Å². The topological polar surface area (TPSA) is 110 Å². The Morgan fingerprint density at radius 2 is 1.92 bits per heavy atom. The van der Waals surface area contributed by atoms with Gasteiger partial charge in [0, 0.05) is 0 Å². The maximum atomic E-state index is 9.35. The monoisotopic (exact) mass is 180 g/mol. The largest absolute Gasteiger partial charge is 0.393 e. The maximum Gasteiger partial charge on any atom is 0.188 e. The Bertz CT molecular complexity index is 162. The van der Waals surface area contributed by atoms with E-state index in [4.69, 9.17) is 20.4 Å². The minimum Gasteiger partial charge on any atom is -0.393 e. The van der Waals surface area contributed by atoms with Crippen LogP contribution in [-0.2, 0) is 4.74 Å². The molecule has 0 saturated carbocycles. The summed E-state index contributed by atoms with van der Waals surface area (Å²) in [7, 11) is 0. The van der Waals surface area contributed by atoms with Gasteiger partial charge in [-0.3, -0.25) is 0 Å². The highest BCUT2D eigenvalue weighted by Crippen LogP contribution is 2.24. The first-order valence-corrected chi connectivity index (χ1v) is 3.51. The van der Waals surface area contributed by atoms with E-state index in [0.717, 1.165) is 0 Å². The lowest BCUT2D eigenvalue weighted by molar-refractivity contribution is -0.310. The summed E-state index contributed by atoms with van der Waals surface area (Å²) < 4.78 is 4.50. The molecule has 0 spiro atoms. The highest BCUT2D eigenvalue weighted by atomic mass is 16.6. The van der Waals surface area contributed by atoms with Crippen molar-refractivity contribution in [1.29, 1.82) is 0 Å². The van der Waals surface area contributed by atoms with Gasteiger partial charge in [-0.25, -0.2) is 0 Å². The van der Waals surface area contributed by atoms with Crippen molar-refractivity contribution in [3.05, 3.63) is 0 Å². The lowest BCUT2D eigenvalue weighted by atomic mass is 9.91. The first-order chi connectivity index (χ1) is 5.52. The lowest BCUT2D eigenvalue weighted by Crippen LogP contribution is -2.64. The fourth-order valence-electron chi connectivity index (χ4n) is 1.08. The summed E-state index contributed by atoms with van der Waals surface area (Å²) >= 11 is 0. The number of rotatable bonds is 1. The molecule has 0 aromatic carbocycles. The molecule has 6 heteroatoms. The second-order valence-corrected chi connectivity index (χ2v) is 2.85. The van der Waals surface area contributed by atoms with Gasteiger partial charge in [0.1, 0.15) is 12.2 Å². The first-order valence-electron chi connectivity index (χ1n) is 3.51. The fraction of sp³-hybridized carbons (Fsp3) is 1.00. The molecule has 12 heavy (non-hydrogen) atoms. The molecule has 1 fully saturated rings. The second-order valence-electron chi connectivity index (χ2n) is 2.85. The van der Waals surface area contributed by atoms with E-state index in [2.05, 4.69) is 4.74 Å². The van der Waals surface area contributed by atoms with Crippen LogP contribution in [0.1, 0.15) is 0 Å². The molecule has 0 unspecified atom stereocenters. The Morgan fingerprint density at radius 3 is 2.33 bits per heavy atom. The Balaban J connectivity index is 2.78. The molecule has 6 nitrogen and oxygen atoms in total. The van der Waals surface area contributed by atoms with Crippen molar-refractivity contribution in [2.24, 2.45) is 0 Å². The van der Waals surface area contributed by atoms with Crippen LogP contribution in [0.3, 0.4) is 0 Å². The number of aliphatic hydroxyl groups is 5. The third-order valence-corrected chi connectivity index (χ3v) is 1.98. The van der Waals surface area contributed by atoms with E-state index in [-0.39, 0.29) is 6.61 Å². The van der Waals surface area contributed by atoms with Crippen LogP contribution in [0.2, 0.25) is 0 Å². The van der Waals surface area contributed by atoms with Gasteiger partial charge in [0.15, 0.2) is 11.9 Å². The van der Waals surface area contributed by atoms with Crippen LogP contribution < -0.4 is 0 Å². The zero-order chi connectivity index (χ0) is 9.35. The Hall–Kier alpha value is -0.240. The van der Waals surface area contributed by atoms with Gasteiger partial charge < -0.3 is 30.3 Å². The van der Waals surface area contributed by atoms with Crippen molar-refractivity contribution in [3.63, 3.8) is 0 Å². The van der Waals surface area contributed by atoms with E-state index in [1.165, 1.54) is 0 Å². The number of aliphatic hydroxyl groups excluding tert-OH is 4. The molecule has 4 atom stereocenters. The van der Waals surface area contributed by atoms with E-state index in [1.54, 1.807) is 0 Å². The minimum absolute atomic E-state index is 0.273. The van der Waals surface area contributed by atoms with Gasteiger partial charge in [-0.05, 0) is 0 Å². The van der Waals surface area contributed by atoms with Gasteiger partial charge in [-0.1, -0.05) is 0 Å². The summed E-state index contributed by atoms with van der Waals surface area (Å²) in [4.78, 5) is 0. The molecule has 1 aliphatic heterocycles. The highest BCUT2D eigenvalue weighted by Gasteiger charge is 2.50. The molecule has 0 aromatic heterocycles. The van der Waals surface area contributed by atoms with Gasteiger partial charge in [0.25, 0.3) is 0 Å². The van der Waals surface area contributed by atoms with Gasteiger partial charge in [-0.15, -0.1) is 0 Å². The zero-order valence-corrected chi connectivity index (χ0v) is 6.29. The van der Waals surface area contributed by atoms with E-state index in [1.807, 2.05) is 0 Å². The van der Waals surface area contributed by atoms with Gasteiger partial charge in [0.2, 0.25) is 0 Å². The average molecular weight is 180 g/mol. The molecule has 0 amide bonds. The van der Waals surface area contributed by atoms with Crippen molar-refractivity contribution in [3.8, 4) is 0 Å². The van der Waals surface area contributed by atoms with E-state index < -0.39 is 30.7 Å². The van der Waals surface area contributed by atoms with E-state index in [9.17, 15) is 5.11 Å². The predicted octanol–water partition coefficient (Wildman–Crippen LogP) is -3.22. The van der Waals surface area contributed by atoms with Crippen LogP contribution in [0, 0.1) is 0 Å². The molecule has 1 saturated heterocycles. The molecule has 0 aliphatic carbocycles. The van der Waals surface area contributed by atoms with Crippen LogP contribution >= 0.6 is 0 Å². The number of ether oxygens (including phenoxy) is 1. The standard InChI is InChI=1S/C6H12O6/c7-2-6(11)4(9)3(8)1-12-5(6)10/h3-5,7-11H,1-2H2/t3-,4-,5+,6-/m1/s1. The van der Waals surface area contributed by atoms with Crippen molar-refractivity contribution >= 4 is 0 Å². The van der Waals surface area contributed by atoms with Crippen LogP contribution in [0.15, 0.2) is 0 Å². The van der Waals surface area contributed by atoms with Gasteiger partial charge in [0.05, 0.1) is 13.2 Å². The third kappa shape index (κ3) is 1.33. The minimum atomic E-state index is -2.20. The molecule has 0 radical (unpaired) electrons. The summed E-state index contributed by atoms with van der Waals surface area (Å²) in [5.41, 5.74) is -2.20. The first kappa shape index (κ1) is 9.85. The van der Waals surface area contributed by atoms with Crippen LogP contribution in [0.5, 0.6) is 0 Å². The molecule has 1 rings (SSSR count). The fourth-order valence-corrected chi connectivity index (χ4v) is 1.08. The summed E-state index contributed by atoms with van der Waals surface area (Å²) in [6, 6.07) is 0. The molecule has 1 aliphatic rings. The Morgan fingerprint density at radius 1 is 1.33 bits per heavy atom. The van der Waals surface area contributed by atoms with Crippen LogP contribution in [0.4, 0.5) is 0 Å². The smallest absolute Gasteiger partial charge is 0.188 e. The molecule has 1 heterocycles. The summed E-state index contributed by atoms with van der Waals surface area (Å²) in [6.45, 7) is -1.16. The predicted molar refractivity (Wildman–Crippen MR) is 36.0 cm³/mol. The Kier molecular flexibility index (Phi) is 2.67. The van der Waals surface area contributed by atoms with Crippen molar-refractivity contribution in [2.75, 3.05) is 13.2 Å². The molecule has 0 bridgehead atoms. The quantitative estimate of drug-likeness (QED) is 0.290. The summed E-state index contributed by atoms with van der Waals surface area (Å²) in [6.07, 6.45) is -4.59. The Labute approximate surface area is 68.6 Å². The van der Waals surface area contributed by atoms with Gasteiger partial charge in [-0.2, -0.15) is 0 Å². The van der Waals surface area contributed by atoms with Crippen LogP contribution in [-0.4, -0.2) is 62.8 Å². The maximum absolute atomic E-state index is 9.35. The molecule has 0 aromatic rings. The average Bonchev–Trinajstić information content (AvgIpc) is 2.08. The van der Waals surface area contributed by atoms with Crippen molar-refractivity contribution in [2.45, 2.75) is 24.1 Å². The van der Waals surface area contributed by atoms with Gasteiger partial charge >= 0.3 is 0 Å². The van der Waals surface area contributed by atoms with E-state index >= 15 is 0 Å². The SMILES string of the molecule is OC[C@@]1(O)[C@H](O)[C@H](O)CO[C@@H]1O. The molecule has 5 N–H and O–H groups in total. The second kappa shape index (κ2) is 3.25. The number of hydrogen-bond donors (Lipinski definition) is 5. The third-order valence-electron chi connectivity index (χ3n) is 1.98. The molecular formula is C6H12O6. The van der Waals surface area contributed by atoms with Crippen LogP contribution in [0.25, 0.3) is 0 Å². The van der Waals surface area contributed by atoms with Crippen molar-refractivity contribution < 1.29 is 30.3 Å². The summed E-state index contributed by atoms with van der Waals surface area (Å²) in [5, 5.41) is 45.2. The van der Waals surface area contributed by atoms with Crippen molar-refractivity contribution in [1.82, 2.24) is 0 Å². The number of hydrogen-bond acceptors (Lipinski definition) is 6. The highest BCUT2D eigenvalue weighted by molar-refractivity contribution is 4.95. The summed E-state index contributed by atoms with van der Waals surface area (Å²) in [5.74, 6) is 0. The normalized spacial score (nSPS) is 49.2.